The topological polar surface area (TPSA) is 117 Å². The van der Waals surface area contributed by atoms with E-state index in [2.05, 4.69) is 27.5 Å². The molecule has 46 heavy (non-hydrogen) atoms. The molecule has 0 radical (unpaired) electrons. The fourth-order valence-electron chi connectivity index (χ4n) is 7.35. The highest BCUT2D eigenvalue weighted by atomic mass is 35.5. The monoisotopic (exact) mass is 670 g/mol. The van der Waals surface area contributed by atoms with Crippen LogP contribution < -0.4 is 16.4 Å². The molecule has 4 N–H and O–H groups in total. The number of nitrogen functional groups attached to an aromatic ring is 1. The Morgan fingerprint density at radius 3 is 2.39 bits per heavy atom. The van der Waals surface area contributed by atoms with E-state index in [0.717, 1.165) is 67.1 Å². The number of nitrogens with two attached hydrogens (primary N) is 1. The lowest BCUT2D eigenvalue weighted by Crippen LogP contribution is -2.58. The summed E-state index contributed by atoms with van der Waals surface area (Å²) in [5.41, 5.74) is 9.48. The summed E-state index contributed by atoms with van der Waals surface area (Å²) in [6.45, 7) is 9.31. The van der Waals surface area contributed by atoms with E-state index in [1.54, 1.807) is 16.2 Å². The number of rotatable bonds is 7. The van der Waals surface area contributed by atoms with E-state index in [-0.39, 0.29) is 24.0 Å². The number of fused-ring (bicyclic) bond motifs is 1. The summed E-state index contributed by atoms with van der Waals surface area (Å²) >= 11 is 8.14. The molecule has 0 aliphatic carbocycles. The van der Waals surface area contributed by atoms with Gasteiger partial charge in [-0.1, -0.05) is 24.6 Å². The number of piperazine rings is 1. The van der Waals surface area contributed by atoms with Crippen molar-refractivity contribution in [3.05, 3.63) is 44.6 Å². The minimum Gasteiger partial charge on any atom is -0.397 e. The zero-order valence-corrected chi connectivity index (χ0v) is 28.5. The summed E-state index contributed by atoms with van der Waals surface area (Å²) in [5, 5.41) is 8.57. The van der Waals surface area contributed by atoms with Crippen LogP contribution in [0.5, 0.6) is 0 Å². The first kappa shape index (κ1) is 32.9. The molecule has 1 aromatic heterocycles. The molecule has 0 bridgehead atoms. The summed E-state index contributed by atoms with van der Waals surface area (Å²) in [6, 6.07) is 5.26. The third kappa shape index (κ3) is 7.25. The number of carbonyl (C=O) groups excluding carboxylic acids is 3. The van der Waals surface area contributed by atoms with E-state index in [9.17, 15) is 14.4 Å². The largest absolute Gasteiger partial charge is 0.397 e. The highest BCUT2D eigenvalue weighted by Crippen LogP contribution is 2.32. The number of thiophene rings is 1. The van der Waals surface area contributed by atoms with Gasteiger partial charge in [0.1, 0.15) is 6.04 Å². The van der Waals surface area contributed by atoms with Gasteiger partial charge < -0.3 is 36.0 Å². The van der Waals surface area contributed by atoms with Crippen molar-refractivity contribution in [1.29, 1.82) is 0 Å². The molecule has 3 fully saturated rings. The van der Waals surface area contributed by atoms with E-state index >= 15 is 0 Å². The molecule has 4 aliphatic rings. The first-order chi connectivity index (χ1) is 22.2. The molecule has 6 rings (SSSR count). The van der Waals surface area contributed by atoms with E-state index in [4.69, 9.17) is 17.3 Å². The number of piperidine rings is 2. The van der Waals surface area contributed by atoms with E-state index in [1.807, 2.05) is 40.3 Å². The van der Waals surface area contributed by atoms with Crippen molar-refractivity contribution in [1.82, 2.24) is 29.8 Å². The van der Waals surface area contributed by atoms with Crippen LogP contribution in [0.3, 0.4) is 0 Å². The van der Waals surface area contributed by atoms with Crippen LogP contribution in [0, 0.1) is 0 Å². The summed E-state index contributed by atoms with van der Waals surface area (Å²) < 4.78 is 0. The lowest BCUT2D eigenvalue weighted by atomic mass is 9.98. The maximum atomic E-state index is 14.1. The van der Waals surface area contributed by atoms with Crippen molar-refractivity contribution in [2.45, 2.75) is 70.1 Å². The Balaban J connectivity index is 1.10. The number of carbonyl (C=O) groups is 3. The lowest BCUT2D eigenvalue weighted by molar-refractivity contribution is -0.135. The third-order valence-electron chi connectivity index (χ3n) is 10.3. The number of likely N-dealkylation sites (N-methyl/N-ethyl adjacent to an activating group) is 1. The molecule has 250 valence electrons. The molecule has 4 aliphatic heterocycles. The fraction of sp³-hybridized carbons (Fsp3) is 0.606. The summed E-state index contributed by atoms with van der Waals surface area (Å²) in [6.07, 6.45) is 4.31. The Morgan fingerprint density at radius 2 is 1.70 bits per heavy atom. The number of amides is 5. The van der Waals surface area contributed by atoms with Gasteiger partial charge in [0.25, 0.3) is 0 Å². The second-order valence-electron chi connectivity index (χ2n) is 13.1. The van der Waals surface area contributed by atoms with Crippen LogP contribution >= 0.6 is 22.9 Å². The molecule has 2 aromatic rings. The van der Waals surface area contributed by atoms with Crippen molar-refractivity contribution >= 4 is 52.3 Å². The molecular formula is C33H47ClN8O3S. The molecule has 5 amide bonds. The summed E-state index contributed by atoms with van der Waals surface area (Å²) in [7, 11) is 2.17. The Kier molecular flexibility index (Phi) is 10.3. The van der Waals surface area contributed by atoms with Crippen molar-refractivity contribution in [2.24, 2.45) is 0 Å². The lowest BCUT2D eigenvalue weighted by Gasteiger charge is -2.43. The van der Waals surface area contributed by atoms with E-state index in [0.29, 0.717) is 68.7 Å². The minimum absolute atomic E-state index is 0.0530. The molecule has 5 heterocycles. The number of hydrogen-bond acceptors (Lipinski definition) is 7. The van der Waals surface area contributed by atoms with Gasteiger partial charge in [0.15, 0.2) is 0 Å². The van der Waals surface area contributed by atoms with Crippen LogP contribution in [0.1, 0.15) is 48.6 Å². The number of likely N-dealkylation sites (tertiary alicyclic amines) is 2. The minimum atomic E-state index is -0.722. The first-order valence-corrected chi connectivity index (χ1v) is 17.9. The van der Waals surface area contributed by atoms with Crippen LogP contribution in [0.25, 0.3) is 0 Å². The van der Waals surface area contributed by atoms with Crippen LogP contribution in [0.15, 0.2) is 23.6 Å². The Morgan fingerprint density at radius 1 is 1.02 bits per heavy atom. The van der Waals surface area contributed by atoms with Crippen molar-refractivity contribution in [2.75, 3.05) is 70.5 Å². The number of anilines is 2. The van der Waals surface area contributed by atoms with E-state index in [1.165, 1.54) is 0 Å². The van der Waals surface area contributed by atoms with Crippen LogP contribution in [-0.4, -0.2) is 120 Å². The maximum absolute atomic E-state index is 14.1. The SMILES string of the molecule is CCc1cc(C[C@@H](NC(=O)N2CCC(N3Cc4sccc4NC3=O)CC2)C(=O)N2CCC(N3CCN(C)CC3)CC2)cc(Cl)c1N. The number of halogens is 1. The molecule has 11 nitrogen and oxygen atoms in total. The van der Waals surface area contributed by atoms with Crippen LogP contribution in [0.4, 0.5) is 21.0 Å². The number of aryl methyl sites for hydroxylation is 1. The fourth-order valence-corrected chi connectivity index (χ4v) is 8.44. The molecule has 1 atom stereocenters. The van der Waals surface area contributed by atoms with Gasteiger partial charge in [0.05, 0.1) is 22.9 Å². The van der Waals surface area contributed by atoms with Gasteiger partial charge in [0.2, 0.25) is 5.91 Å². The average molecular weight is 671 g/mol. The quantitative estimate of drug-likeness (QED) is 0.385. The third-order valence-corrected chi connectivity index (χ3v) is 11.5. The van der Waals surface area contributed by atoms with Crippen molar-refractivity contribution < 1.29 is 14.4 Å². The maximum Gasteiger partial charge on any atom is 0.322 e. The van der Waals surface area contributed by atoms with Gasteiger partial charge in [-0.15, -0.1) is 11.3 Å². The van der Waals surface area contributed by atoms with E-state index < -0.39 is 6.04 Å². The van der Waals surface area contributed by atoms with Crippen molar-refractivity contribution in [3.63, 3.8) is 0 Å². The summed E-state index contributed by atoms with van der Waals surface area (Å²) in [5.74, 6) is -0.0530. The Labute approximate surface area is 281 Å². The van der Waals surface area contributed by atoms with Crippen LogP contribution in [0.2, 0.25) is 5.02 Å². The molecule has 3 saturated heterocycles. The first-order valence-electron chi connectivity index (χ1n) is 16.7. The smallest absolute Gasteiger partial charge is 0.322 e. The number of urea groups is 2. The van der Waals surface area contributed by atoms with Gasteiger partial charge >= 0.3 is 12.1 Å². The van der Waals surface area contributed by atoms with Gasteiger partial charge in [-0.2, -0.15) is 0 Å². The van der Waals surface area contributed by atoms with Gasteiger partial charge in [-0.3, -0.25) is 9.69 Å². The Bertz CT molecular complexity index is 1410. The molecule has 0 spiro atoms. The number of hydrogen-bond donors (Lipinski definition) is 3. The average Bonchev–Trinajstić information content (AvgIpc) is 3.53. The molecule has 0 unspecified atom stereocenters. The highest BCUT2D eigenvalue weighted by molar-refractivity contribution is 7.10. The summed E-state index contributed by atoms with van der Waals surface area (Å²) in [4.78, 5) is 52.3. The predicted octanol–water partition coefficient (Wildman–Crippen LogP) is 3.92. The van der Waals surface area contributed by atoms with Crippen LogP contribution in [-0.2, 0) is 24.2 Å². The normalized spacial score (nSPS) is 21.2. The molecule has 1 aromatic carbocycles. The second kappa shape index (κ2) is 14.4. The Hall–Kier alpha value is -3.06. The number of benzene rings is 1. The second-order valence-corrected chi connectivity index (χ2v) is 14.5. The number of nitrogens with zero attached hydrogens (tertiary/aromatic N) is 5. The van der Waals surface area contributed by atoms with Gasteiger partial charge in [0, 0.05) is 75.7 Å². The number of nitrogens with one attached hydrogen (secondary N) is 2. The van der Waals surface area contributed by atoms with Gasteiger partial charge in [-0.25, -0.2) is 9.59 Å². The predicted molar refractivity (Wildman–Crippen MR) is 183 cm³/mol. The van der Waals surface area contributed by atoms with Gasteiger partial charge in [-0.05, 0) is 67.8 Å². The highest BCUT2D eigenvalue weighted by Gasteiger charge is 2.36. The molecule has 0 saturated carbocycles. The molecular weight excluding hydrogens is 624 g/mol. The molecule has 13 heteroatoms. The zero-order valence-electron chi connectivity index (χ0n) is 27.0. The standard InChI is InChI=1S/C33H47ClN8O3S/c1-3-23-18-22(19-26(34)30(23)35)20-28(31(43)40-9-4-24(5-10-40)39-15-13-38(2)14-16-39)37-32(44)41-11-6-25(7-12-41)42-21-29-27(8-17-46-29)36-33(42)45/h8,17-19,24-25,28H,3-7,9-16,20-21,35H2,1-2H3,(H,36,45)(H,37,44)/t28-/m1/s1. The zero-order chi connectivity index (χ0) is 32.4. The van der Waals surface area contributed by atoms with Crippen molar-refractivity contribution in [3.8, 4) is 0 Å².